The molecular weight excluding hydrogens is 515 g/mol. The second-order valence-corrected chi connectivity index (χ2v) is 12.9. The van der Waals surface area contributed by atoms with E-state index in [1.165, 1.54) is 19.3 Å². The second-order valence-electron chi connectivity index (χ2n) is 11.3. The highest BCUT2D eigenvalue weighted by molar-refractivity contribution is 14.1. The van der Waals surface area contributed by atoms with E-state index >= 15 is 8.78 Å². The zero-order valence-electron chi connectivity index (χ0n) is 18.8. The molecule has 0 heterocycles. The van der Waals surface area contributed by atoms with Crippen molar-refractivity contribution in [1.82, 2.24) is 0 Å². The maximum absolute atomic E-state index is 15.2. The van der Waals surface area contributed by atoms with Crippen molar-refractivity contribution in [3.8, 4) is 0 Å². The molecule has 4 unspecified atom stereocenters. The second kappa shape index (κ2) is 11.3. The number of halogens is 5. The highest BCUT2D eigenvalue weighted by Crippen LogP contribution is 2.48. The van der Waals surface area contributed by atoms with Gasteiger partial charge in [-0.25, -0.2) is 17.6 Å². The fourth-order valence-corrected chi connectivity index (χ4v) is 8.30. The third-order valence-corrected chi connectivity index (χ3v) is 10.9. The molecule has 0 aromatic carbocycles. The first-order valence-electron chi connectivity index (χ1n) is 13.2. The summed E-state index contributed by atoms with van der Waals surface area (Å²) >= 11 is 2.05. The van der Waals surface area contributed by atoms with Crippen molar-refractivity contribution >= 4 is 22.6 Å². The van der Waals surface area contributed by atoms with E-state index in [9.17, 15) is 8.78 Å². The van der Waals surface area contributed by atoms with Gasteiger partial charge in [0.15, 0.2) is 0 Å². The molecule has 0 bridgehead atoms. The van der Waals surface area contributed by atoms with E-state index in [1.807, 2.05) is 22.6 Å². The molecule has 4 rings (SSSR count). The number of hydrogen-bond donors (Lipinski definition) is 0. The molecule has 8 atom stereocenters. The minimum absolute atomic E-state index is 0.0477. The summed E-state index contributed by atoms with van der Waals surface area (Å²) in [5.74, 6) is 0.998. The summed E-state index contributed by atoms with van der Waals surface area (Å²) in [5.41, 5.74) is 0. The molecular formula is C26H41F4I. The van der Waals surface area contributed by atoms with Crippen molar-refractivity contribution in [2.45, 2.75) is 125 Å². The van der Waals surface area contributed by atoms with Crippen LogP contribution in [0.15, 0.2) is 0 Å². The minimum atomic E-state index is -1.31. The summed E-state index contributed by atoms with van der Waals surface area (Å²) in [6.07, 6.45) is 9.81. The smallest absolute Gasteiger partial charge is 0.143 e. The molecule has 4 fully saturated rings. The van der Waals surface area contributed by atoms with Crippen molar-refractivity contribution in [3.05, 3.63) is 0 Å². The third kappa shape index (κ3) is 5.75. The lowest BCUT2D eigenvalue weighted by Crippen LogP contribution is -2.44. The van der Waals surface area contributed by atoms with Gasteiger partial charge in [0.2, 0.25) is 0 Å². The van der Waals surface area contributed by atoms with E-state index in [2.05, 4.69) is 0 Å². The maximum atomic E-state index is 15.2. The lowest BCUT2D eigenvalue weighted by molar-refractivity contribution is -0.0350. The largest absolute Gasteiger partial charge is 0.244 e. The Labute approximate surface area is 200 Å². The first-order valence-corrected chi connectivity index (χ1v) is 14.4. The normalized spacial score (nSPS) is 47.9. The maximum Gasteiger partial charge on any atom is 0.143 e. The Morgan fingerprint density at radius 2 is 1.10 bits per heavy atom. The fraction of sp³-hybridized carbons (Fsp3) is 1.00. The predicted molar refractivity (Wildman–Crippen MR) is 128 cm³/mol. The van der Waals surface area contributed by atoms with Crippen molar-refractivity contribution < 1.29 is 17.6 Å². The van der Waals surface area contributed by atoms with Crippen LogP contribution in [0.3, 0.4) is 0 Å². The van der Waals surface area contributed by atoms with Crippen LogP contribution in [-0.4, -0.2) is 28.6 Å². The van der Waals surface area contributed by atoms with Crippen LogP contribution in [0.5, 0.6) is 0 Å². The van der Waals surface area contributed by atoms with Gasteiger partial charge in [0, 0.05) is 3.92 Å². The summed E-state index contributed by atoms with van der Waals surface area (Å²) < 4.78 is 58.4. The monoisotopic (exact) mass is 556 g/mol. The van der Waals surface area contributed by atoms with Crippen LogP contribution in [0.25, 0.3) is 0 Å². The van der Waals surface area contributed by atoms with E-state index in [-0.39, 0.29) is 21.7 Å². The predicted octanol–water partition coefficient (Wildman–Crippen LogP) is 8.75. The summed E-state index contributed by atoms with van der Waals surface area (Å²) in [4.78, 5) is 0. The lowest BCUT2D eigenvalue weighted by Gasteiger charge is -2.44. The number of rotatable bonds is 5. The van der Waals surface area contributed by atoms with Crippen LogP contribution in [-0.2, 0) is 0 Å². The molecule has 0 nitrogen and oxygen atoms in total. The van der Waals surface area contributed by atoms with Gasteiger partial charge in [-0.2, -0.15) is 0 Å². The minimum Gasteiger partial charge on any atom is -0.244 e. The Morgan fingerprint density at radius 1 is 0.516 bits per heavy atom. The first-order chi connectivity index (χ1) is 15.0. The SMILES string of the molecule is FC1C(I)CCC(CCC2CCC([C@H]3CC[C@@H](C4CCCCC4)C(F)[C@H]3F)CC2)[C@H]1F. The molecule has 0 spiro atoms. The molecule has 0 amide bonds. The molecule has 4 aliphatic rings. The van der Waals surface area contributed by atoms with Gasteiger partial charge >= 0.3 is 0 Å². The molecule has 0 aliphatic heterocycles. The van der Waals surface area contributed by atoms with Gasteiger partial charge in [-0.15, -0.1) is 0 Å². The Kier molecular flexibility index (Phi) is 8.92. The molecule has 0 aromatic heterocycles. The van der Waals surface area contributed by atoms with Crippen LogP contribution in [0.1, 0.15) is 96.3 Å². The van der Waals surface area contributed by atoms with Gasteiger partial charge < -0.3 is 0 Å². The van der Waals surface area contributed by atoms with E-state index < -0.39 is 24.7 Å². The van der Waals surface area contributed by atoms with Gasteiger partial charge in [0.1, 0.15) is 24.7 Å². The Hall–Kier alpha value is 0.450. The van der Waals surface area contributed by atoms with Crippen molar-refractivity contribution in [2.75, 3.05) is 0 Å². The average Bonchev–Trinajstić information content (AvgIpc) is 2.80. The number of alkyl halides is 5. The van der Waals surface area contributed by atoms with Crippen molar-refractivity contribution in [1.29, 1.82) is 0 Å². The standard InChI is InChI=1S/C26H41F4I/c27-23-19(12-15-22(31)26(23)30)11-8-16-6-9-18(10-7-16)21-14-13-20(24(28)25(21)29)17-4-2-1-3-5-17/h16-26H,1-15H2/t16?,18?,19?,20-,21+,22?,23+,24?,25-,26?/m0/s1. The van der Waals surface area contributed by atoms with Gasteiger partial charge in [-0.1, -0.05) is 74.0 Å². The molecule has 180 valence electrons. The quantitative estimate of drug-likeness (QED) is 0.181. The van der Waals surface area contributed by atoms with Gasteiger partial charge in [0.05, 0.1) is 0 Å². The van der Waals surface area contributed by atoms with Gasteiger partial charge in [-0.05, 0) is 80.5 Å². The molecule has 0 aromatic rings. The Balaban J connectivity index is 1.21. The molecule has 0 radical (unpaired) electrons. The van der Waals surface area contributed by atoms with Crippen molar-refractivity contribution in [3.63, 3.8) is 0 Å². The topological polar surface area (TPSA) is 0 Å². The summed E-state index contributed by atoms with van der Waals surface area (Å²) in [6.45, 7) is 0. The summed E-state index contributed by atoms with van der Waals surface area (Å²) in [7, 11) is 0. The van der Waals surface area contributed by atoms with Gasteiger partial charge in [-0.3, -0.25) is 0 Å². The molecule has 31 heavy (non-hydrogen) atoms. The molecule has 5 heteroatoms. The van der Waals surface area contributed by atoms with E-state index in [4.69, 9.17) is 0 Å². The van der Waals surface area contributed by atoms with Crippen LogP contribution in [0.2, 0.25) is 0 Å². The zero-order valence-corrected chi connectivity index (χ0v) is 21.0. The average molecular weight is 557 g/mol. The molecule has 0 N–H and O–H groups in total. The molecule has 0 saturated heterocycles. The Bertz CT molecular complexity index is 546. The molecule has 4 saturated carbocycles. The summed E-state index contributed by atoms with van der Waals surface area (Å²) in [5, 5.41) is 0. The molecule has 4 aliphatic carbocycles. The zero-order chi connectivity index (χ0) is 22.0. The number of hydrogen-bond acceptors (Lipinski definition) is 0. The van der Waals surface area contributed by atoms with Crippen LogP contribution in [0.4, 0.5) is 17.6 Å². The first kappa shape index (κ1) is 24.6. The lowest BCUT2D eigenvalue weighted by atomic mass is 9.64. The van der Waals surface area contributed by atoms with Crippen molar-refractivity contribution in [2.24, 2.45) is 35.5 Å². The summed E-state index contributed by atoms with van der Waals surface area (Å²) in [6, 6.07) is 0. The Morgan fingerprint density at radius 3 is 1.71 bits per heavy atom. The highest BCUT2D eigenvalue weighted by atomic mass is 127. The van der Waals surface area contributed by atoms with Crippen LogP contribution >= 0.6 is 22.6 Å². The van der Waals surface area contributed by atoms with E-state index in [1.54, 1.807) is 0 Å². The van der Waals surface area contributed by atoms with Gasteiger partial charge in [0.25, 0.3) is 0 Å². The van der Waals surface area contributed by atoms with E-state index in [0.717, 1.165) is 77.0 Å². The van der Waals surface area contributed by atoms with E-state index in [0.29, 0.717) is 17.8 Å². The van der Waals surface area contributed by atoms with Crippen LogP contribution in [0, 0.1) is 35.5 Å². The fourth-order valence-electron chi connectivity index (χ4n) is 7.54. The highest BCUT2D eigenvalue weighted by Gasteiger charge is 2.46. The third-order valence-electron chi connectivity index (χ3n) is 9.57. The van der Waals surface area contributed by atoms with Crippen LogP contribution < -0.4 is 0 Å².